The van der Waals surface area contributed by atoms with Crippen LogP contribution < -0.4 is 0 Å². The predicted molar refractivity (Wildman–Crippen MR) is 197 cm³/mol. The number of aldehydes is 1. The number of ether oxygens (including phenoxy) is 4. The molecule has 16 heteroatoms. The third-order valence-corrected chi connectivity index (χ3v) is 17.0. The molecule has 0 aromatic heterocycles. The number of hydrogen-bond acceptors (Lipinski definition) is 16. The van der Waals surface area contributed by atoms with Gasteiger partial charge in [0.25, 0.3) is 0 Å². The molecule has 0 aromatic rings. The maximum absolute atomic E-state index is 13.1. The second-order valence-electron chi connectivity index (χ2n) is 20.1. The minimum Gasteiger partial charge on any atom is -0.394 e. The van der Waals surface area contributed by atoms with E-state index in [1.807, 2.05) is 6.92 Å². The quantitative estimate of drug-likeness (QED) is 0.0767. The molecule has 4 unspecified atom stereocenters. The lowest BCUT2D eigenvalue weighted by Gasteiger charge is -2.72. The molecule has 0 amide bonds. The van der Waals surface area contributed by atoms with E-state index in [1.165, 1.54) is 5.57 Å². The Balaban J connectivity index is 1.15. The average Bonchev–Trinajstić information content (AvgIpc) is 3.16. The second-order valence-corrected chi connectivity index (χ2v) is 20.1. The fourth-order valence-corrected chi connectivity index (χ4v) is 13.3. The summed E-state index contributed by atoms with van der Waals surface area (Å²) in [7, 11) is 0. The van der Waals surface area contributed by atoms with E-state index < -0.39 is 132 Å². The van der Waals surface area contributed by atoms with Gasteiger partial charge in [-0.05, 0) is 84.9 Å². The van der Waals surface area contributed by atoms with E-state index in [-0.39, 0.29) is 31.3 Å². The van der Waals surface area contributed by atoms with Crippen molar-refractivity contribution in [2.24, 2.45) is 44.8 Å². The molecule has 2 aliphatic heterocycles. The number of rotatable bonds is 8. The van der Waals surface area contributed by atoms with Crippen LogP contribution in [0.15, 0.2) is 11.6 Å². The van der Waals surface area contributed by atoms with Gasteiger partial charge in [-0.15, -0.1) is 0 Å². The van der Waals surface area contributed by atoms with E-state index in [2.05, 4.69) is 33.8 Å². The van der Waals surface area contributed by atoms with E-state index in [9.17, 15) is 61.0 Å². The number of hydrogen-bond donors (Lipinski definition) is 11. The molecule has 5 aliphatic carbocycles. The molecule has 22 atom stereocenters. The average molecular weight is 815 g/mol. The number of carbonyl (C=O) groups excluding carboxylic acids is 1. The Bertz CT molecular complexity index is 1530. The van der Waals surface area contributed by atoms with E-state index in [1.54, 1.807) is 0 Å². The molecule has 2 heterocycles. The third-order valence-electron chi connectivity index (χ3n) is 17.0. The van der Waals surface area contributed by atoms with Crippen molar-refractivity contribution < 1.29 is 79.9 Å². The molecule has 16 nitrogen and oxygen atoms in total. The molecule has 326 valence electrons. The molecule has 0 radical (unpaired) electrons. The van der Waals surface area contributed by atoms with Gasteiger partial charge in [-0.3, -0.25) is 0 Å². The van der Waals surface area contributed by atoms with Crippen LogP contribution in [0.3, 0.4) is 0 Å². The SMILES string of the molecule is C[C@@]1(CO[C@@H]2O[C@H](CO)[C@@H](O)[C@H](O)[C@H]2O)CC[C@@]2(C)C(C1)C1=CCC3[C@@]4(C)CC[C@H](O[C@@H]5O[C@H](CO)[C@@H](O)[C@H](O)[C@H]5O)C(O)(C=O)C4[C@H](O)C[C@@]3(C)[C@]1(C)C[C@@H]2O. The van der Waals surface area contributed by atoms with Crippen LogP contribution in [0.5, 0.6) is 0 Å². The highest BCUT2D eigenvalue weighted by atomic mass is 16.7. The first-order valence-electron chi connectivity index (χ1n) is 20.7. The minimum absolute atomic E-state index is 0.0848. The maximum Gasteiger partial charge on any atom is 0.187 e. The van der Waals surface area contributed by atoms with Gasteiger partial charge < -0.3 is 79.9 Å². The first-order chi connectivity index (χ1) is 26.6. The Morgan fingerprint density at radius 1 is 0.754 bits per heavy atom. The first kappa shape index (κ1) is 43.9. The lowest BCUT2D eigenvalue weighted by Crippen LogP contribution is -2.73. The summed E-state index contributed by atoms with van der Waals surface area (Å²) in [4.78, 5) is 13.1. The summed E-state index contributed by atoms with van der Waals surface area (Å²) < 4.78 is 23.4. The molecule has 11 N–H and O–H groups in total. The molecule has 0 aromatic carbocycles. The van der Waals surface area contributed by atoms with Crippen molar-refractivity contribution >= 4 is 6.29 Å². The first-order valence-corrected chi connectivity index (χ1v) is 20.7. The van der Waals surface area contributed by atoms with Crippen molar-refractivity contribution in [3.63, 3.8) is 0 Å². The number of fused-ring (bicyclic) bond motifs is 7. The van der Waals surface area contributed by atoms with Crippen molar-refractivity contribution in [2.45, 2.75) is 171 Å². The number of aliphatic hydroxyl groups excluding tert-OH is 10. The van der Waals surface area contributed by atoms with Crippen molar-refractivity contribution in [1.82, 2.24) is 0 Å². The van der Waals surface area contributed by atoms with E-state index in [4.69, 9.17) is 18.9 Å². The van der Waals surface area contributed by atoms with Gasteiger partial charge in [-0.2, -0.15) is 0 Å². The lowest BCUT2D eigenvalue weighted by molar-refractivity contribution is -0.339. The monoisotopic (exact) mass is 814 g/mol. The fraction of sp³-hybridized carbons (Fsp3) is 0.927. The number of carbonyl (C=O) groups is 1. The minimum atomic E-state index is -2.23. The molecule has 2 saturated heterocycles. The largest absolute Gasteiger partial charge is 0.394 e. The molecule has 7 aliphatic rings. The predicted octanol–water partition coefficient (Wildman–Crippen LogP) is -1.36. The third kappa shape index (κ3) is 6.46. The molecule has 7 rings (SSSR count). The topological polar surface area (TPSA) is 277 Å². The number of aliphatic hydroxyl groups is 11. The zero-order valence-corrected chi connectivity index (χ0v) is 33.6. The highest BCUT2D eigenvalue weighted by Gasteiger charge is 2.73. The van der Waals surface area contributed by atoms with Crippen LogP contribution in [0.2, 0.25) is 0 Å². The maximum atomic E-state index is 13.1. The molecule has 0 bridgehead atoms. The summed E-state index contributed by atoms with van der Waals surface area (Å²) in [5, 5.41) is 119. The van der Waals surface area contributed by atoms with Crippen molar-refractivity contribution in [2.75, 3.05) is 19.8 Å². The molecule has 6 fully saturated rings. The van der Waals surface area contributed by atoms with E-state index in [0.717, 1.165) is 0 Å². The summed E-state index contributed by atoms with van der Waals surface area (Å²) in [6.07, 6.45) is -11.4. The second kappa shape index (κ2) is 15.0. The van der Waals surface area contributed by atoms with Crippen molar-refractivity contribution in [1.29, 1.82) is 0 Å². The number of allylic oxidation sites excluding steroid dienone is 2. The van der Waals surface area contributed by atoms with Crippen LogP contribution in [0.1, 0.15) is 86.0 Å². The van der Waals surface area contributed by atoms with Gasteiger partial charge in [0.05, 0.1) is 38.1 Å². The van der Waals surface area contributed by atoms with Crippen LogP contribution in [0, 0.1) is 44.8 Å². The van der Waals surface area contributed by atoms with Gasteiger partial charge in [0.15, 0.2) is 24.5 Å². The van der Waals surface area contributed by atoms with Gasteiger partial charge in [0.2, 0.25) is 0 Å². The zero-order valence-electron chi connectivity index (χ0n) is 33.6. The summed E-state index contributed by atoms with van der Waals surface area (Å²) in [6.45, 7) is 9.45. The highest BCUT2D eigenvalue weighted by Crippen LogP contribution is 2.75. The lowest BCUT2D eigenvalue weighted by atomic mass is 9.33. The van der Waals surface area contributed by atoms with Crippen LogP contribution in [-0.4, -0.2) is 168 Å². The van der Waals surface area contributed by atoms with Crippen molar-refractivity contribution in [3.8, 4) is 0 Å². The van der Waals surface area contributed by atoms with Crippen LogP contribution in [-0.2, 0) is 23.7 Å². The van der Waals surface area contributed by atoms with Crippen LogP contribution >= 0.6 is 0 Å². The summed E-state index contributed by atoms with van der Waals surface area (Å²) >= 11 is 0. The van der Waals surface area contributed by atoms with Crippen molar-refractivity contribution in [3.05, 3.63) is 11.6 Å². The van der Waals surface area contributed by atoms with E-state index in [0.29, 0.717) is 44.8 Å². The summed E-state index contributed by atoms with van der Waals surface area (Å²) in [5.74, 6) is -1.22. The Morgan fingerprint density at radius 2 is 1.35 bits per heavy atom. The van der Waals surface area contributed by atoms with Gasteiger partial charge >= 0.3 is 0 Å². The van der Waals surface area contributed by atoms with Gasteiger partial charge in [-0.25, -0.2) is 0 Å². The Kier molecular flexibility index (Phi) is 11.6. The van der Waals surface area contributed by atoms with Crippen LogP contribution in [0.4, 0.5) is 0 Å². The Morgan fingerprint density at radius 3 is 1.95 bits per heavy atom. The zero-order chi connectivity index (χ0) is 41.8. The van der Waals surface area contributed by atoms with E-state index >= 15 is 0 Å². The molecule has 57 heavy (non-hydrogen) atoms. The standard InChI is InChI=1S/C41H66O16/c1-36(18-54-34-31(51)29(49)27(47)22(15-42)55-34)10-11-37(2)20(12-36)19-6-7-24-38(3)9-8-26(57-35-32(52)30(50)28(48)23(16-43)56-35)41(53,17-44)33(38)21(45)13-40(24,5)39(19,4)14-25(37)46/h6,17,20-35,42-43,45-53H,7-16,18H2,1-5H3/t20?,21-,22-,23-,24?,25+,26+,27-,28-,29+,30+,31-,32-,33?,34-,35+,36-,37+,38-,39-,40-,41?/m1/s1. The fourth-order valence-electron chi connectivity index (χ4n) is 13.3. The molecular weight excluding hydrogens is 748 g/mol. The summed E-state index contributed by atoms with van der Waals surface area (Å²) in [5.41, 5.74) is -3.93. The molecular formula is C41H66O16. The Hall–Kier alpha value is -1.19. The van der Waals surface area contributed by atoms with Gasteiger partial charge in [0.1, 0.15) is 48.8 Å². The molecule has 4 saturated carbocycles. The Labute approximate surface area is 333 Å². The highest BCUT2D eigenvalue weighted by molar-refractivity contribution is 5.65. The van der Waals surface area contributed by atoms with Gasteiger partial charge in [-0.1, -0.05) is 46.3 Å². The van der Waals surface area contributed by atoms with Crippen LogP contribution in [0.25, 0.3) is 0 Å². The smallest absolute Gasteiger partial charge is 0.187 e. The summed E-state index contributed by atoms with van der Waals surface area (Å²) in [6, 6.07) is 0. The van der Waals surface area contributed by atoms with Gasteiger partial charge in [0, 0.05) is 11.3 Å². The molecule has 0 spiro atoms. The normalized spacial score (nSPS) is 57.7.